The molecule has 4 rings (SSSR count). The van der Waals surface area contributed by atoms with Gasteiger partial charge in [-0.15, -0.1) is 0 Å². The van der Waals surface area contributed by atoms with Gasteiger partial charge in [-0.3, -0.25) is 9.10 Å². The molecule has 1 aliphatic heterocycles. The minimum atomic E-state index is -3.97. The predicted octanol–water partition coefficient (Wildman–Crippen LogP) is 4.16. The van der Waals surface area contributed by atoms with Crippen LogP contribution in [0.4, 0.5) is 11.4 Å². The third kappa shape index (κ3) is 5.33. The highest BCUT2D eigenvalue weighted by molar-refractivity contribution is 7.92. The number of rotatable bonds is 7. The van der Waals surface area contributed by atoms with Gasteiger partial charge in [0.1, 0.15) is 12.3 Å². The van der Waals surface area contributed by atoms with Crippen molar-refractivity contribution in [2.75, 3.05) is 49.0 Å². The first kappa shape index (κ1) is 25.6. The Hall–Kier alpha value is -3.52. The summed E-state index contributed by atoms with van der Waals surface area (Å²) in [7, 11) is -2.45. The Morgan fingerprint density at radius 1 is 0.917 bits per heavy atom. The Kier molecular flexibility index (Phi) is 7.54. The van der Waals surface area contributed by atoms with Gasteiger partial charge in [-0.25, -0.2) is 8.42 Å². The molecule has 0 aromatic heterocycles. The van der Waals surface area contributed by atoms with Crippen LogP contribution in [0, 0.1) is 20.8 Å². The molecular formula is C28H33N3O4S. The fourth-order valence-electron chi connectivity index (χ4n) is 4.42. The smallest absolute Gasteiger partial charge is 0.264 e. The summed E-state index contributed by atoms with van der Waals surface area (Å²) in [6, 6.07) is 19.7. The van der Waals surface area contributed by atoms with Crippen LogP contribution in [0.5, 0.6) is 5.75 Å². The van der Waals surface area contributed by atoms with Gasteiger partial charge >= 0.3 is 0 Å². The maximum Gasteiger partial charge on any atom is 0.264 e. The standard InChI is InChI=1S/C28H33N3O4S/c1-21-11-13-26(14-12-21)36(33,34)31(24-8-6-9-25(19-24)35-4)20-28(32)30-17-15-29(16-18-30)27-10-5-7-22(2)23(27)3/h5-14,19H,15-18,20H2,1-4H3. The molecule has 0 radical (unpaired) electrons. The lowest BCUT2D eigenvalue weighted by molar-refractivity contribution is -0.129. The highest BCUT2D eigenvalue weighted by Crippen LogP contribution is 2.28. The van der Waals surface area contributed by atoms with E-state index in [9.17, 15) is 13.2 Å². The minimum Gasteiger partial charge on any atom is -0.497 e. The van der Waals surface area contributed by atoms with E-state index in [4.69, 9.17) is 4.74 Å². The molecule has 0 spiro atoms. The largest absolute Gasteiger partial charge is 0.497 e. The average Bonchev–Trinajstić information content (AvgIpc) is 2.89. The van der Waals surface area contributed by atoms with Crippen molar-refractivity contribution in [1.82, 2.24) is 4.90 Å². The zero-order chi connectivity index (χ0) is 25.9. The third-order valence-electron chi connectivity index (χ3n) is 6.78. The molecular weight excluding hydrogens is 474 g/mol. The maximum absolute atomic E-state index is 13.7. The van der Waals surface area contributed by atoms with Crippen LogP contribution in [0.2, 0.25) is 0 Å². The van der Waals surface area contributed by atoms with Crippen molar-refractivity contribution in [3.8, 4) is 5.75 Å². The van der Waals surface area contributed by atoms with Gasteiger partial charge in [0.2, 0.25) is 5.91 Å². The van der Waals surface area contributed by atoms with Gasteiger partial charge in [-0.2, -0.15) is 0 Å². The molecule has 0 aliphatic carbocycles. The fraction of sp³-hybridized carbons (Fsp3) is 0.321. The first-order valence-corrected chi connectivity index (χ1v) is 13.5. The number of nitrogens with zero attached hydrogens (tertiary/aromatic N) is 3. The first-order chi connectivity index (χ1) is 17.2. The third-order valence-corrected chi connectivity index (χ3v) is 8.57. The van der Waals surface area contributed by atoms with Crippen LogP contribution in [0.3, 0.4) is 0 Å². The van der Waals surface area contributed by atoms with E-state index in [1.54, 1.807) is 53.4 Å². The van der Waals surface area contributed by atoms with E-state index in [2.05, 4.69) is 36.9 Å². The summed E-state index contributed by atoms with van der Waals surface area (Å²) >= 11 is 0. The average molecular weight is 508 g/mol. The van der Waals surface area contributed by atoms with Crippen LogP contribution in [-0.4, -0.2) is 59.1 Å². The van der Waals surface area contributed by atoms with Gasteiger partial charge in [0.25, 0.3) is 10.0 Å². The molecule has 0 bridgehead atoms. The Balaban J connectivity index is 1.56. The first-order valence-electron chi connectivity index (χ1n) is 12.0. The number of methoxy groups -OCH3 is 1. The lowest BCUT2D eigenvalue weighted by Gasteiger charge is -2.38. The van der Waals surface area contributed by atoms with Gasteiger partial charge in [-0.1, -0.05) is 35.9 Å². The highest BCUT2D eigenvalue weighted by atomic mass is 32.2. The Morgan fingerprint density at radius 2 is 1.58 bits per heavy atom. The van der Waals surface area contributed by atoms with Gasteiger partial charge in [0.15, 0.2) is 0 Å². The molecule has 3 aromatic rings. The van der Waals surface area contributed by atoms with Crippen LogP contribution in [0.1, 0.15) is 16.7 Å². The zero-order valence-corrected chi connectivity index (χ0v) is 22.1. The highest BCUT2D eigenvalue weighted by Gasteiger charge is 2.30. The van der Waals surface area contributed by atoms with Crippen LogP contribution in [0.25, 0.3) is 0 Å². The predicted molar refractivity (Wildman–Crippen MR) is 143 cm³/mol. The number of carbonyl (C=O) groups excluding carboxylic acids is 1. The zero-order valence-electron chi connectivity index (χ0n) is 21.3. The molecule has 1 heterocycles. The fourth-order valence-corrected chi connectivity index (χ4v) is 5.82. The second kappa shape index (κ2) is 10.6. The number of benzene rings is 3. The van der Waals surface area contributed by atoms with Crippen molar-refractivity contribution in [2.24, 2.45) is 0 Å². The summed E-state index contributed by atoms with van der Waals surface area (Å²) in [5, 5.41) is 0. The van der Waals surface area contributed by atoms with E-state index < -0.39 is 10.0 Å². The number of hydrogen-bond acceptors (Lipinski definition) is 5. The van der Waals surface area contributed by atoms with Gasteiger partial charge < -0.3 is 14.5 Å². The van der Waals surface area contributed by atoms with Crippen LogP contribution in [0.15, 0.2) is 71.6 Å². The second-order valence-electron chi connectivity index (χ2n) is 9.11. The molecule has 190 valence electrons. The second-order valence-corrected chi connectivity index (χ2v) is 11.0. The number of piperazine rings is 1. The summed E-state index contributed by atoms with van der Waals surface area (Å²) in [6.07, 6.45) is 0. The van der Waals surface area contributed by atoms with Crippen LogP contribution in [-0.2, 0) is 14.8 Å². The van der Waals surface area contributed by atoms with E-state index in [0.29, 0.717) is 37.6 Å². The van der Waals surface area contributed by atoms with Crippen molar-refractivity contribution < 1.29 is 17.9 Å². The van der Waals surface area contributed by atoms with E-state index in [1.165, 1.54) is 28.2 Å². The number of carbonyl (C=O) groups is 1. The molecule has 1 saturated heterocycles. The molecule has 1 aliphatic rings. The SMILES string of the molecule is COc1cccc(N(CC(=O)N2CCN(c3cccc(C)c3C)CC2)S(=O)(=O)c2ccc(C)cc2)c1. The number of amides is 1. The normalized spacial score (nSPS) is 14.0. The Morgan fingerprint density at radius 3 is 2.25 bits per heavy atom. The molecule has 8 heteroatoms. The van der Waals surface area contributed by atoms with Gasteiger partial charge in [0.05, 0.1) is 17.7 Å². The lowest BCUT2D eigenvalue weighted by atomic mass is 10.1. The van der Waals surface area contributed by atoms with Crippen LogP contribution >= 0.6 is 0 Å². The molecule has 0 N–H and O–H groups in total. The minimum absolute atomic E-state index is 0.142. The molecule has 0 atom stereocenters. The van der Waals surface area contributed by atoms with Crippen molar-refractivity contribution in [3.63, 3.8) is 0 Å². The topological polar surface area (TPSA) is 70.2 Å². The number of hydrogen-bond donors (Lipinski definition) is 0. The summed E-state index contributed by atoms with van der Waals surface area (Å²) in [6.45, 7) is 8.28. The molecule has 0 saturated carbocycles. The number of anilines is 2. The Bertz CT molecular complexity index is 1330. The molecule has 1 amide bonds. The quantitative estimate of drug-likeness (QED) is 0.480. The van der Waals surface area contributed by atoms with Crippen molar-refractivity contribution in [3.05, 3.63) is 83.4 Å². The van der Waals surface area contributed by atoms with Gasteiger partial charge in [0, 0.05) is 37.9 Å². The molecule has 1 fully saturated rings. The molecule has 7 nitrogen and oxygen atoms in total. The molecule has 36 heavy (non-hydrogen) atoms. The molecule has 3 aromatic carbocycles. The van der Waals surface area contributed by atoms with Crippen molar-refractivity contribution >= 4 is 27.3 Å². The summed E-state index contributed by atoms with van der Waals surface area (Å²) in [4.78, 5) is 17.6. The van der Waals surface area contributed by atoms with E-state index >= 15 is 0 Å². The van der Waals surface area contributed by atoms with E-state index in [0.717, 1.165) is 5.56 Å². The number of sulfonamides is 1. The van der Waals surface area contributed by atoms with Gasteiger partial charge in [-0.05, 0) is 62.2 Å². The van der Waals surface area contributed by atoms with Crippen molar-refractivity contribution in [1.29, 1.82) is 0 Å². The number of aryl methyl sites for hydroxylation is 2. The Labute approximate surface area is 214 Å². The molecule has 0 unspecified atom stereocenters. The summed E-state index contributed by atoms with van der Waals surface area (Å²) in [5.74, 6) is 0.292. The summed E-state index contributed by atoms with van der Waals surface area (Å²) in [5.41, 5.74) is 5.01. The maximum atomic E-state index is 13.7. The number of ether oxygens (including phenoxy) is 1. The van der Waals surface area contributed by atoms with Crippen LogP contribution < -0.4 is 13.9 Å². The lowest BCUT2D eigenvalue weighted by Crippen LogP contribution is -2.52. The van der Waals surface area contributed by atoms with E-state index in [1.807, 2.05) is 6.92 Å². The van der Waals surface area contributed by atoms with Crippen molar-refractivity contribution in [2.45, 2.75) is 25.7 Å². The summed E-state index contributed by atoms with van der Waals surface area (Å²) < 4.78 is 33.8. The monoisotopic (exact) mass is 507 g/mol. The van der Waals surface area contributed by atoms with E-state index in [-0.39, 0.29) is 17.3 Å².